The summed E-state index contributed by atoms with van der Waals surface area (Å²) in [5, 5.41) is 0.565. The molecule has 8 heteroatoms. The van der Waals surface area contributed by atoms with Crippen molar-refractivity contribution in [3.63, 3.8) is 0 Å². The third-order valence-electron chi connectivity index (χ3n) is 2.78. The molecule has 3 rings (SSSR count). The Labute approximate surface area is 130 Å². The number of hydrogen-bond acceptors (Lipinski definition) is 5. The zero-order valence-electron chi connectivity index (χ0n) is 10.9. The fourth-order valence-electron chi connectivity index (χ4n) is 1.77. The lowest BCUT2D eigenvalue weighted by atomic mass is 10.2. The van der Waals surface area contributed by atoms with E-state index in [2.05, 4.69) is 14.7 Å². The van der Waals surface area contributed by atoms with Gasteiger partial charge in [0.15, 0.2) is 5.13 Å². The number of aromatic nitrogens is 2. The lowest BCUT2D eigenvalue weighted by Gasteiger charge is -2.04. The van der Waals surface area contributed by atoms with Crippen molar-refractivity contribution >= 4 is 48.3 Å². The van der Waals surface area contributed by atoms with Crippen LogP contribution in [-0.4, -0.2) is 18.4 Å². The molecule has 1 N–H and O–H groups in total. The Morgan fingerprint density at radius 2 is 2.05 bits per heavy atom. The van der Waals surface area contributed by atoms with Crippen molar-refractivity contribution in [3.8, 4) is 0 Å². The van der Waals surface area contributed by atoms with Crippen LogP contribution in [0.2, 0.25) is 5.15 Å². The Hall–Kier alpha value is -1.70. The molecule has 0 amide bonds. The SMILES string of the molecule is Cc1ccc2nc(NS(=O)(=O)c3ccc(Cl)nc3)sc2c1. The largest absolute Gasteiger partial charge is 0.265 e. The van der Waals surface area contributed by atoms with Crippen LogP contribution in [0.25, 0.3) is 10.2 Å². The summed E-state index contributed by atoms with van der Waals surface area (Å²) in [5.41, 5.74) is 1.86. The molecule has 0 radical (unpaired) electrons. The van der Waals surface area contributed by atoms with Gasteiger partial charge < -0.3 is 0 Å². The summed E-state index contributed by atoms with van der Waals surface area (Å²) in [6, 6.07) is 8.59. The first-order valence-corrected chi connectivity index (χ1v) is 8.63. The van der Waals surface area contributed by atoms with Crippen LogP contribution < -0.4 is 4.72 Å². The highest BCUT2D eigenvalue weighted by molar-refractivity contribution is 7.93. The van der Waals surface area contributed by atoms with Gasteiger partial charge in [-0.15, -0.1) is 0 Å². The van der Waals surface area contributed by atoms with Gasteiger partial charge in [0.1, 0.15) is 10.0 Å². The smallest absolute Gasteiger partial charge is 0.255 e. The minimum absolute atomic E-state index is 0.0438. The monoisotopic (exact) mass is 339 g/mol. The van der Waals surface area contributed by atoms with E-state index in [0.29, 0.717) is 5.13 Å². The van der Waals surface area contributed by atoms with Crippen molar-refractivity contribution in [3.05, 3.63) is 47.2 Å². The van der Waals surface area contributed by atoms with Crippen LogP contribution in [0.15, 0.2) is 41.4 Å². The summed E-state index contributed by atoms with van der Waals surface area (Å²) in [5.74, 6) is 0. The van der Waals surface area contributed by atoms with Crippen LogP contribution in [-0.2, 0) is 10.0 Å². The van der Waals surface area contributed by atoms with Crippen LogP contribution in [0.5, 0.6) is 0 Å². The van der Waals surface area contributed by atoms with Gasteiger partial charge in [-0.05, 0) is 36.8 Å². The van der Waals surface area contributed by atoms with E-state index in [1.54, 1.807) is 0 Å². The Bertz CT molecular complexity index is 905. The van der Waals surface area contributed by atoms with Gasteiger partial charge in [0.2, 0.25) is 0 Å². The minimum atomic E-state index is -3.71. The van der Waals surface area contributed by atoms with E-state index in [9.17, 15) is 8.42 Å². The summed E-state index contributed by atoms with van der Waals surface area (Å²) in [6.07, 6.45) is 1.21. The van der Waals surface area contributed by atoms with Gasteiger partial charge in [0.05, 0.1) is 10.2 Å². The number of nitrogens with one attached hydrogen (secondary N) is 1. The van der Waals surface area contributed by atoms with Crippen molar-refractivity contribution in [2.45, 2.75) is 11.8 Å². The van der Waals surface area contributed by atoms with Gasteiger partial charge in [-0.25, -0.2) is 18.4 Å². The molecule has 0 saturated carbocycles. The number of halogens is 1. The van der Waals surface area contributed by atoms with Crippen molar-refractivity contribution < 1.29 is 8.42 Å². The molecule has 2 heterocycles. The highest BCUT2D eigenvalue weighted by Gasteiger charge is 2.17. The molecule has 0 aliphatic rings. The lowest BCUT2D eigenvalue weighted by Crippen LogP contribution is -2.12. The van der Waals surface area contributed by atoms with Crippen LogP contribution in [0.4, 0.5) is 5.13 Å². The van der Waals surface area contributed by atoms with Gasteiger partial charge >= 0.3 is 0 Å². The molecule has 0 aliphatic carbocycles. The molecule has 0 fully saturated rings. The summed E-state index contributed by atoms with van der Waals surface area (Å²) in [6.45, 7) is 1.97. The van der Waals surface area contributed by atoms with E-state index in [-0.39, 0.29) is 10.0 Å². The van der Waals surface area contributed by atoms with Crippen molar-refractivity contribution in [2.24, 2.45) is 0 Å². The van der Waals surface area contributed by atoms with Crippen molar-refractivity contribution in [1.29, 1.82) is 0 Å². The molecule has 21 heavy (non-hydrogen) atoms. The molecule has 0 bridgehead atoms. The Balaban J connectivity index is 1.95. The molecule has 0 atom stereocenters. The van der Waals surface area contributed by atoms with E-state index < -0.39 is 10.0 Å². The molecular weight excluding hydrogens is 330 g/mol. The van der Waals surface area contributed by atoms with E-state index in [0.717, 1.165) is 15.8 Å². The van der Waals surface area contributed by atoms with Crippen LogP contribution in [0, 0.1) is 6.92 Å². The first-order valence-electron chi connectivity index (χ1n) is 5.96. The standard InChI is InChI=1S/C13H10ClN3O2S2/c1-8-2-4-10-11(6-8)20-13(16-10)17-21(18,19)9-3-5-12(14)15-7-9/h2-7H,1H3,(H,16,17). The number of fused-ring (bicyclic) bond motifs is 1. The first kappa shape index (κ1) is 14.2. The topological polar surface area (TPSA) is 72.0 Å². The molecule has 0 aliphatic heterocycles. The van der Waals surface area contributed by atoms with Crippen molar-refractivity contribution in [2.75, 3.05) is 4.72 Å². The summed E-state index contributed by atoms with van der Waals surface area (Å²) in [4.78, 5) is 8.08. The maximum atomic E-state index is 12.2. The number of rotatable bonds is 3. The molecule has 3 aromatic rings. The van der Waals surface area contributed by atoms with Gasteiger partial charge in [-0.3, -0.25) is 4.72 Å². The molecular formula is C13H10ClN3O2S2. The Morgan fingerprint density at radius 3 is 2.76 bits per heavy atom. The molecule has 0 unspecified atom stereocenters. The molecule has 1 aromatic carbocycles. The number of benzene rings is 1. The predicted molar refractivity (Wildman–Crippen MR) is 84.4 cm³/mol. The predicted octanol–water partition coefficient (Wildman–Crippen LogP) is 3.45. The summed E-state index contributed by atoms with van der Waals surface area (Å²) < 4.78 is 27.8. The average Bonchev–Trinajstić information content (AvgIpc) is 2.79. The van der Waals surface area contributed by atoms with Crippen molar-refractivity contribution in [1.82, 2.24) is 9.97 Å². The maximum absolute atomic E-state index is 12.2. The Kier molecular flexibility index (Phi) is 3.56. The zero-order valence-corrected chi connectivity index (χ0v) is 13.3. The number of nitrogens with zero attached hydrogens (tertiary/aromatic N) is 2. The van der Waals surface area contributed by atoms with E-state index in [1.807, 2.05) is 25.1 Å². The third-order valence-corrected chi connectivity index (χ3v) is 5.39. The number of thiazole rings is 1. The molecule has 5 nitrogen and oxygen atoms in total. The Morgan fingerprint density at radius 1 is 1.24 bits per heavy atom. The van der Waals surface area contributed by atoms with E-state index >= 15 is 0 Å². The quantitative estimate of drug-likeness (QED) is 0.742. The summed E-state index contributed by atoms with van der Waals surface area (Å²) >= 11 is 6.94. The minimum Gasteiger partial charge on any atom is -0.255 e. The highest BCUT2D eigenvalue weighted by atomic mass is 35.5. The number of pyridine rings is 1. The number of sulfonamides is 1. The average molecular weight is 340 g/mol. The van der Waals surface area contributed by atoms with Crippen LogP contribution in [0.1, 0.15) is 5.56 Å². The van der Waals surface area contributed by atoms with Gasteiger partial charge in [-0.1, -0.05) is 29.0 Å². The molecule has 0 spiro atoms. The van der Waals surface area contributed by atoms with Gasteiger partial charge in [-0.2, -0.15) is 0 Å². The fourth-order valence-corrected chi connectivity index (χ4v) is 4.03. The number of anilines is 1. The fraction of sp³-hybridized carbons (Fsp3) is 0.0769. The first-order chi connectivity index (χ1) is 9.94. The second kappa shape index (κ2) is 5.25. The molecule has 2 aromatic heterocycles. The third kappa shape index (κ3) is 2.99. The van der Waals surface area contributed by atoms with Gasteiger partial charge in [0, 0.05) is 6.20 Å². The lowest BCUT2D eigenvalue weighted by molar-refractivity contribution is 0.601. The van der Waals surface area contributed by atoms with Crippen LogP contribution in [0.3, 0.4) is 0 Å². The number of hydrogen-bond donors (Lipinski definition) is 1. The maximum Gasteiger partial charge on any atom is 0.265 e. The number of aryl methyl sites for hydroxylation is 1. The van der Waals surface area contributed by atoms with E-state index in [1.165, 1.54) is 29.7 Å². The normalized spacial score (nSPS) is 11.7. The molecule has 0 saturated heterocycles. The second-order valence-electron chi connectivity index (χ2n) is 4.41. The zero-order chi connectivity index (χ0) is 15.0. The highest BCUT2D eigenvalue weighted by Crippen LogP contribution is 2.28. The second-order valence-corrected chi connectivity index (χ2v) is 7.51. The van der Waals surface area contributed by atoms with Gasteiger partial charge in [0.25, 0.3) is 10.0 Å². The van der Waals surface area contributed by atoms with Crippen LogP contribution >= 0.6 is 22.9 Å². The summed E-state index contributed by atoms with van der Waals surface area (Å²) in [7, 11) is -3.71. The molecule has 108 valence electrons. The van der Waals surface area contributed by atoms with E-state index in [4.69, 9.17) is 11.6 Å².